The molecule has 5 aromatic rings. The number of fused-ring (bicyclic) bond motifs is 2. The summed E-state index contributed by atoms with van der Waals surface area (Å²) in [6, 6.07) is 18.0. The molecule has 43 heavy (non-hydrogen) atoms. The van der Waals surface area contributed by atoms with E-state index >= 15 is 0 Å². The SMILES string of the molecule is C=C(c1ccc(OC)c(NC(=O)Cc2cccc3c(=O)c4ccc(C)c(C)c4oc23)c1)c1cc(OC)c(OC)c(OC)c1. The van der Waals surface area contributed by atoms with Crippen LogP contribution < -0.4 is 29.7 Å². The zero-order valence-electron chi connectivity index (χ0n) is 25.0. The fourth-order valence-electron chi connectivity index (χ4n) is 5.15. The van der Waals surface area contributed by atoms with E-state index in [2.05, 4.69) is 11.9 Å². The Hall–Kier alpha value is -5.24. The summed E-state index contributed by atoms with van der Waals surface area (Å²) in [5.41, 5.74) is 5.97. The predicted octanol–water partition coefficient (Wildman–Crippen LogP) is 6.84. The Balaban J connectivity index is 1.47. The van der Waals surface area contributed by atoms with Gasteiger partial charge in [-0.05, 0) is 78.1 Å². The first kappa shape index (κ1) is 29.3. The van der Waals surface area contributed by atoms with Crippen LogP contribution in [0.5, 0.6) is 23.0 Å². The predicted molar refractivity (Wildman–Crippen MR) is 169 cm³/mol. The van der Waals surface area contributed by atoms with E-state index in [1.54, 1.807) is 57.7 Å². The number of anilines is 1. The monoisotopic (exact) mass is 579 g/mol. The average Bonchev–Trinajstić information content (AvgIpc) is 3.02. The van der Waals surface area contributed by atoms with Crippen molar-refractivity contribution in [2.75, 3.05) is 33.8 Å². The minimum atomic E-state index is -0.301. The molecule has 0 spiro atoms. The summed E-state index contributed by atoms with van der Waals surface area (Å²) >= 11 is 0. The minimum absolute atomic E-state index is 0.0160. The number of rotatable bonds is 9. The van der Waals surface area contributed by atoms with Gasteiger partial charge in [-0.3, -0.25) is 9.59 Å². The van der Waals surface area contributed by atoms with Gasteiger partial charge in [-0.2, -0.15) is 0 Å². The molecular formula is C35H33NO7. The normalized spacial score (nSPS) is 10.9. The van der Waals surface area contributed by atoms with Crippen LogP contribution >= 0.6 is 0 Å². The summed E-state index contributed by atoms with van der Waals surface area (Å²) in [5.74, 6) is 1.66. The summed E-state index contributed by atoms with van der Waals surface area (Å²) < 4.78 is 28.2. The second kappa shape index (κ2) is 11.9. The number of para-hydroxylation sites is 1. The van der Waals surface area contributed by atoms with Crippen molar-refractivity contribution in [2.45, 2.75) is 20.3 Å². The molecule has 8 heteroatoms. The molecule has 0 aliphatic carbocycles. The van der Waals surface area contributed by atoms with Gasteiger partial charge in [-0.1, -0.05) is 30.8 Å². The molecule has 5 rings (SSSR count). The van der Waals surface area contributed by atoms with Gasteiger partial charge in [0.2, 0.25) is 17.1 Å². The Morgan fingerprint density at radius 3 is 2.12 bits per heavy atom. The number of carbonyl (C=O) groups is 1. The molecule has 0 aliphatic heterocycles. The number of carbonyl (C=O) groups excluding carboxylic acids is 1. The van der Waals surface area contributed by atoms with Crippen molar-refractivity contribution in [2.24, 2.45) is 0 Å². The second-order valence-corrected chi connectivity index (χ2v) is 10.1. The van der Waals surface area contributed by atoms with E-state index in [9.17, 15) is 9.59 Å². The molecule has 0 radical (unpaired) electrons. The average molecular weight is 580 g/mol. The molecule has 4 aromatic carbocycles. The van der Waals surface area contributed by atoms with Gasteiger partial charge in [0.1, 0.15) is 16.9 Å². The molecule has 8 nitrogen and oxygen atoms in total. The summed E-state index contributed by atoms with van der Waals surface area (Å²) in [6.07, 6.45) is -0.0160. The van der Waals surface area contributed by atoms with Crippen molar-refractivity contribution < 1.29 is 28.2 Å². The first-order valence-corrected chi connectivity index (χ1v) is 13.6. The molecule has 0 unspecified atom stereocenters. The Morgan fingerprint density at radius 1 is 0.791 bits per heavy atom. The number of hydrogen-bond donors (Lipinski definition) is 1. The van der Waals surface area contributed by atoms with Gasteiger partial charge in [0.15, 0.2) is 11.5 Å². The molecule has 1 heterocycles. The first-order valence-electron chi connectivity index (χ1n) is 13.6. The molecule has 0 saturated carbocycles. The molecule has 1 amide bonds. The van der Waals surface area contributed by atoms with Gasteiger partial charge in [0.25, 0.3) is 0 Å². The van der Waals surface area contributed by atoms with Gasteiger partial charge < -0.3 is 28.7 Å². The van der Waals surface area contributed by atoms with Crippen LogP contribution in [0.1, 0.15) is 27.8 Å². The number of hydrogen-bond acceptors (Lipinski definition) is 7. The van der Waals surface area contributed by atoms with E-state index in [-0.39, 0.29) is 17.8 Å². The molecule has 0 fully saturated rings. The van der Waals surface area contributed by atoms with E-state index in [4.69, 9.17) is 23.4 Å². The number of aryl methyl sites for hydroxylation is 2. The van der Waals surface area contributed by atoms with Crippen LogP contribution in [0.4, 0.5) is 5.69 Å². The third-order valence-corrected chi connectivity index (χ3v) is 7.65. The van der Waals surface area contributed by atoms with Crippen LogP contribution in [-0.2, 0) is 11.2 Å². The number of benzene rings is 4. The van der Waals surface area contributed by atoms with Gasteiger partial charge >= 0.3 is 0 Å². The highest BCUT2D eigenvalue weighted by molar-refractivity contribution is 5.98. The van der Waals surface area contributed by atoms with Crippen LogP contribution in [0.25, 0.3) is 27.5 Å². The molecule has 0 bridgehead atoms. The highest BCUT2D eigenvalue weighted by atomic mass is 16.5. The Morgan fingerprint density at radius 2 is 1.47 bits per heavy atom. The largest absolute Gasteiger partial charge is 0.495 e. The minimum Gasteiger partial charge on any atom is -0.495 e. The van der Waals surface area contributed by atoms with E-state index in [0.717, 1.165) is 22.3 Å². The second-order valence-electron chi connectivity index (χ2n) is 10.1. The highest BCUT2D eigenvalue weighted by Gasteiger charge is 2.19. The zero-order chi connectivity index (χ0) is 30.8. The Bertz CT molecular complexity index is 1930. The summed E-state index contributed by atoms with van der Waals surface area (Å²) in [4.78, 5) is 26.7. The first-order chi connectivity index (χ1) is 20.7. The van der Waals surface area contributed by atoms with Crippen LogP contribution in [0.15, 0.2) is 76.5 Å². The molecule has 0 atom stereocenters. The Labute approximate surface area is 249 Å². The maximum absolute atomic E-state index is 13.4. The molecule has 0 aliphatic rings. The van der Waals surface area contributed by atoms with E-state index in [1.807, 2.05) is 38.1 Å². The lowest BCUT2D eigenvalue weighted by molar-refractivity contribution is -0.115. The van der Waals surface area contributed by atoms with Crippen LogP contribution in [0.3, 0.4) is 0 Å². The van der Waals surface area contributed by atoms with Crippen molar-refractivity contribution in [3.63, 3.8) is 0 Å². The number of nitrogens with one attached hydrogen (secondary N) is 1. The van der Waals surface area contributed by atoms with Gasteiger partial charge in [0, 0.05) is 5.56 Å². The molecule has 0 saturated heterocycles. The Kier molecular flexibility index (Phi) is 8.12. The van der Waals surface area contributed by atoms with Crippen LogP contribution in [0, 0.1) is 13.8 Å². The molecule has 1 N–H and O–H groups in total. The standard InChI is InChI=1S/C35H33NO7/c1-19-11-13-26-32(38)25-10-8-9-23(34(25)43-33(26)20(19)2)18-31(37)36-27-15-22(12-14-28(27)39-4)21(3)24-16-29(40-5)35(42-7)30(17-24)41-6/h8-17H,3,18H2,1-2,4-7H3,(H,36,37). The summed E-state index contributed by atoms with van der Waals surface area (Å²) in [6.45, 7) is 8.17. The molecule has 220 valence electrons. The van der Waals surface area contributed by atoms with Crippen LogP contribution in [0.2, 0.25) is 0 Å². The van der Waals surface area contributed by atoms with Crippen LogP contribution in [-0.4, -0.2) is 34.3 Å². The topological polar surface area (TPSA) is 96.2 Å². The smallest absolute Gasteiger partial charge is 0.229 e. The van der Waals surface area contributed by atoms with E-state index in [1.165, 1.54) is 7.11 Å². The fraction of sp³-hybridized carbons (Fsp3) is 0.200. The van der Waals surface area contributed by atoms with Gasteiger partial charge in [-0.25, -0.2) is 0 Å². The van der Waals surface area contributed by atoms with Gasteiger partial charge in [-0.15, -0.1) is 0 Å². The summed E-state index contributed by atoms with van der Waals surface area (Å²) in [5, 5.41) is 3.91. The number of amides is 1. The quantitative estimate of drug-likeness (QED) is 0.191. The lowest BCUT2D eigenvalue weighted by atomic mass is 9.98. The van der Waals surface area contributed by atoms with Gasteiger partial charge in [0.05, 0.1) is 51.3 Å². The highest BCUT2D eigenvalue weighted by Crippen LogP contribution is 2.41. The van der Waals surface area contributed by atoms with Crippen molar-refractivity contribution in [3.05, 3.63) is 105 Å². The lowest BCUT2D eigenvalue weighted by Gasteiger charge is -2.17. The third-order valence-electron chi connectivity index (χ3n) is 7.65. The molecular weight excluding hydrogens is 546 g/mol. The van der Waals surface area contributed by atoms with Crippen molar-refractivity contribution in [1.82, 2.24) is 0 Å². The van der Waals surface area contributed by atoms with E-state index < -0.39 is 0 Å². The number of methoxy groups -OCH3 is 4. The van der Waals surface area contributed by atoms with E-state index in [0.29, 0.717) is 61.8 Å². The fourth-order valence-corrected chi connectivity index (χ4v) is 5.15. The lowest BCUT2D eigenvalue weighted by Crippen LogP contribution is -2.16. The maximum atomic E-state index is 13.4. The zero-order valence-corrected chi connectivity index (χ0v) is 25.0. The van der Waals surface area contributed by atoms with Crippen molar-refractivity contribution in [1.29, 1.82) is 0 Å². The third kappa shape index (κ3) is 5.39. The van der Waals surface area contributed by atoms with Crippen molar-refractivity contribution in [3.8, 4) is 23.0 Å². The molecule has 1 aromatic heterocycles. The summed E-state index contributed by atoms with van der Waals surface area (Å²) in [7, 11) is 6.18. The maximum Gasteiger partial charge on any atom is 0.229 e. The number of ether oxygens (including phenoxy) is 4. The van der Waals surface area contributed by atoms with Crippen molar-refractivity contribution >= 4 is 39.1 Å².